The molecule has 0 aliphatic carbocycles. The molecule has 0 atom stereocenters. The SMILES string of the molecule is Cc1cc(-c2csc(NC(=O)Cc3nc(-c4ccccc4)oc3C)n2)c(C)s1. The van der Waals surface area contributed by atoms with Gasteiger partial charge >= 0.3 is 0 Å². The minimum absolute atomic E-state index is 0.146. The summed E-state index contributed by atoms with van der Waals surface area (Å²) in [5.41, 5.74) is 3.55. The molecule has 4 rings (SSSR count). The van der Waals surface area contributed by atoms with E-state index in [1.54, 1.807) is 11.3 Å². The maximum Gasteiger partial charge on any atom is 0.232 e. The first-order valence-corrected chi connectivity index (χ1v) is 10.5. The van der Waals surface area contributed by atoms with Gasteiger partial charge < -0.3 is 9.73 Å². The summed E-state index contributed by atoms with van der Waals surface area (Å²) in [6, 6.07) is 11.8. The molecule has 3 heterocycles. The third-order valence-electron chi connectivity index (χ3n) is 4.31. The number of hydrogen-bond donors (Lipinski definition) is 1. The normalized spacial score (nSPS) is 11.0. The van der Waals surface area contributed by atoms with Crippen molar-refractivity contribution in [3.63, 3.8) is 0 Å². The highest BCUT2D eigenvalue weighted by Gasteiger charge is 2.16. The van der Waals surface area contributed by atoms with Crippen LogP contribution in [0, 0.1) is 20.8 Å². The Bertz CT molecular complexity index is 1130. The molecule has 0 aliphatic rings. The van der Waals surface area contributed by atoms with E-state index in [9.17, 15) is 4.79 Å². The Morgan fingerprint density at radius 1 is 1.14 bits per heavy atom. The topological polar surface area (TPSA) is 68.0 Å². The number of thiazole rings is 1. The molecule has 0 radical (unpaired) electrons. The fraction of sp³-hybridized carbons (Fsp3) is 0.190. The molecular formula is C21H19N3O2S2. The number of carbonyl (C=O) groups is 1. The number of aromatic nitrogens is 2. The number of amides is 1. The molecule has 3 aromatic heterocycles. The lowest BCUT2D eigenvalue weighted by Crippen LogP contribution is -2.15. The van der Waals surface area contributed by atoms with E-state index in [0.717, 1.165) is 16.8 Å². The molecule has 4 aromatic rings. The number of thiophene rings is 1. The van der Waals surface area contributed by atoms with Crippen molar-refractivity contribution in [3.8, 4) is 22.7 Å². The van der Waals surface area contributed by atoms with Crippen LogP contribution >= 0.6 is 22.7 Å². The van der Waals surface area contributed by atoms with Gasteiger partial charge in [-0.15, -0.1) is 22.7 Å². The Hall–Kier alpha value is -2.77. The molecule has 1 N–H and O–H groups in total. The molecule has 5 nitrogen and oxygen atoms in total. The third kappa shape index (κ3) is 3.90. The van der Waals surface area contributed by atoms with Crippen molar-refractivity contribution < 1.29 is 9.21 Å². The van der Waals surface area contributed by atoms with Gasteiger partial charge in [-0.1, -0.05) is 18.2 Å². The number of hydrogen-bond acceptors (Lipinski definition) is 6. The van der Waals surface area contributed by atoms with E-state index in [4.69, 9.17) is 4.42 Å². The molecule has 28 heavy (non-hydrogen) atoms. The number of nitrogens with zero attached hydrogens (tertiary/aromatic N) is 2. The zero-order valence-corrected chi connectivity index (χ0v) is 17.4. The second-order valence-electron chi connectivity index (χ2n) is 6.48. The van der Waals surface area contributed by atoms with Gasteiger partial charge in [0.2, 0.25) is 11.8 Å². The van der Waals surface area contributed by atoms with Gasteiger partial charge in [0.15, 0.2) is 5.13 Å². The van der Waals surface area contributed by atoms with Crippen molar-refractivity contribution in [2.24, 2.45) is 0 Å². The molecule has 0 fully saturated rings. The molecule has 0 unspecified atom stereocenters. The summed E-state index contributed by atoms with van der Waals surface area (Å²) >= 11 is 3.17. The van der Waals surface area contributed by atoms with Gasteiger partial charge in [0.25, 0.3) is 0 Å². The predicted molar refractivity (Wildman–Crippen MR) is 114 cm³/mol. The quantitative estimate of drug-likeness (QED) is 0.464. The molecule has 0 bridgehead atoms. The van der Waals surface area contributed by atoms with Crippen molar-refractivity contribution in [2.75, 3.05) is 5.32 Å². The fourth-order valence-electron chi connectivity index (χ4n) is 2.95. The number of anilines is 1. The number of oxazole rings is 1. The zero-order chi connectivity index (χ0) is 19.7. The Kier molecular flexibility index (Phi) is 5.11. The van der Waals surface area contributed by atoms with Gasteiger partial charge in [-0.2, -0.15) is 0 Å². The van der Waals surface area contributed by atoms with Crippen molar-refractivity contribution in [1.82, 2.24) is 9.97 Å². The predicted octanol–water partition coefficient (Wildman–Crippen LogP) is 5.63. The van der Waals surface area contributed by atoms with E-state index < -0.39 is 0 Å². The van der Waals surface area contributed by atoms with Crippen LogP contribution in [0.3, 0.4) is 0 Å². The Labute approximate surface area is 171 Å². The largest absolute Gasteiger partial charge is 0.441 e. The molecule has 0 saturated carbocycles. The van der Waals surface area contributed by atoms with Gasteiger partial charge in [0.05, 0.1) is 17.8 Å². The van der Waals surface area contributed by atoms with E-state index >= 15 is 0 Å². The highest BCUT2D eigenvalue weighted by molar-refractivity contribution is 7.14. The third-order valence-corrected chi connectivity index (χ3v) is 6.03. The Balaban J connectivity index is 1.45. The standard InChI is InChI=1S/C21H19N3O2S2/c1-12-9-16(14(3)28-12)18-11-27-21(23-18)24-19(25)10-17-13(2)26-20(22-17)15-7-5-4-6-8-15/h4-9,11H,10H2,1-3H3,(H,23,24,25). The first-order valence-electron chi connectivity index (χ1n) is 8.84. The van der Waals surface area contributed by atoms with Crippen LogP contribution < -0.4 is 5.32 Å². The number of aryl methyl sites for hydroxylation is 3. The van der Waals surface area contributed by atoms with Crippen molar-refractivity contribution >= 4 is 33.7 Å². The zero-order valence-electron chi connectivity index (χ0n) is 15.8. The molecule has 0 spiro atoms. The monoisotopic (exact) mass is 409 g/mol. The van der Waals surface area contributed by atoms with Gasteiger partial charge in [-0.3, -0.25) is 4.79 Å². The summed E-state index contributed by atoms with van der Waals surface area (Å²) in [6.07, 6.45) is 0.146. The Morgan fingerprint density at radius 3 is 2.64 bits per heavy atom. The molecule has 7 heteroatoms. The maximum absolute atomic E-state index is 12.5. The first kappa shape index (κ1) is 18.6. The van der Waals surface area contributed by atoms with Crippen LogP contribution in [0.2, 0.25) is 0 Å². The number of carbonyl (C=O) groups excluding carboxylic acids is 1. The first-order chi connectivity index (χ1) is 13.5. The van der Waals surface area contributed by atoms with E-state index in [1.165, 1.54) is 21.1 Å². The highest BCUT2D eigenvalue weighted by Crippen LogP contribution is 2.32. The number of nitrogens with one attached hydrogen (secondary N) is 1. The average molecular weight is 410 g/mol. The second-order valence-corrected chi connectivity index (χ2v) is 8.80. The summed E-state index contributed by atoms with van der Waals surface area (Å²) in [5.74, 6) is 1.02. The van der Waals surface area contributed by atoms with Gasteiger partial charge in [-0.25, -0.2) is 9.97 Å². The van der Waals surface area contributed by atoms with Crippen molar-refractivity contribution in [3.05, 3.63) is 63.0 Å². The average Bonchev–Trinajstić information content (AvgIpc) is 3.35. The van der Waals surface area contributed by atoms with Crippen LogP contribution in [0.5, 0.6) is 0 Å². The lowest BCUT2D eigenvalue weighted by atomic mass is 10.2. The molecule has 0 aliphatic heterocycles. The van der Waals surface area contributed by atoms with Crippen LogP contribution in [0.25, 0.3) is 22.7 Å². The van der Waals surface area contributed by atoms with Crippen LogP contribution in [-0.4, -0.2) is 15.9 Å². The fourth-order valence-corrected chi connectivity index (χ4v) is 4.61. The van der Waals surface area contributed by atoms with Crippen molar-refractivity contribution in [1.29, 1.82) is 0 Å². The number of rotatable bonds is 5. The number of benzene rings is 1. The van der Waals surface area contributed by atoms with E-state index in [-0.39, 0.29) is 12.3 Å². The molecule has 0 saturated heterocycles. The lowest BCUT2D eigenvalue weighted by molar-refractivity contribution is -0.115. The van der Waals surface area contributed by atoms with Gasteiger partial charge in [-0.05, 0) is 39.0 Å². The minimum atomic E-state index is -0.157. The van der Waals surface area contributed by atoms with Crippen LogP contribution in [0.4, 0.5) is 5.13 Å². The highest BCUT2D eigenvalue weighted by atomic mass is 32.1. The van der Waals surface area contributed by atoms with Crippen molar-refractivity contribution in [2.45, 2.75) is 27.2 Å². The van der Waals surface area contributed by atoms with Crippen LogP contribution in [0.1, 0.15) is 21.2 Å². The summed E-state index contributed by atoms with van der Waals surface area (Å²) in [4.78, 5) is 24.0. The molecule has 1 amide bonds. The van der Waals surface area contributed by atoms with E-state index in [2.05, 4.69) is 35.2 Å². The second kappa shape index (κ2) is 7.69. The van der Waals surface area contributed by atoms with E-state index in [0.29, 0.717) is 22.5 Å². The molecular weight excluding hydrogens is 390 g/mol. The van der Waals surface area contributed by atoms with Gasteiger partial charge in [0.1, 0.15) is 5.76 Å². The van der Waals surface area contributed by atoms with Crippen LogP contribution in [0.15, 0.2) is 46.2 Å². The summed E-state index contributed by atoms with van der Waals surface area (Å²) in [6.45, 7) is 5.99. The molecule has 1 aromatic carbocycles. The minimum Gasteiger partial charge on any atom is -0.441 e. The smallest absolute Gasteiger partial charge is 0.232 e. The van der Waals surface area contributed by atoms with Gasteiger partial charge in [0, 0.05) is 26.3 Å². The van der Waals surface area contributed by atoms with E-state index in [1.807, 2.05) is 42.6 Å². The summed E-state index contributed by atoms with van der Waals surface area (Å²) in [5, 5.41) is 5.43. The Morgan fingerprint density at radius 2 is 1.93 bits per heavy atom. The van der Waals surface area contributed by atoms with Crippen LogP contribution in [-0.2, 0) is 11.2 Å². The summed E-state index contributed by atoms with van der Waals surface area (Å²) < 4.78 is 5.73. The summed E-state index contributed by atoms with van der Waals surface area (Å²) in [7, 11) is 0. The lowest BCUT2D eigenvalue weighted by Gasteiger charge is -2.00. The maximum atomic E-state index is 12.5. The molecule has 142 valence electrons.